The number of methoxy groups -OCH3 is 2. The Morgan fingerprint density at radius 1 is 1.05 bits per heavy atom. The SMILES string of the molecule is COc1ccc2c(c1)nc([S+]([O-])Cc1ncc(C)c(OC)c1C)n2S(=O)(=O)c1ccc(OCC(C)(C)C(=O)[O-])cc1.[Na+]. The minimum atomic E-state index is -4.30. The first kappa shape index (κ1) is 33.7. The Kier molecular flexibility index (Phi) is 10.6. The average Bonchev–Trinajstić information content (AvgIpc) is 3.34. The Balaban J connectivity index is 0.00000484. The summed E-state index contributed by atoms with van der Waals surface area (Å²) >= 11 is -1.93. The van der Waals surface area contributed by atoms with E-state index in [2.05, 4.69) is 9.97 Å². The average molecular weight is 624 g/mol. The molecule has 2 heterocycles. The molecular weight excluding hydrogens is 593 g/mol. The van der Waals surface area contributed by atoms with Crippen LogP contribution in [-0.2, 0) is 31.7 Å². The van der Waals surface area contributed by atoms with Crippen molar-refractivity contribution in [2.45, 2.75) is 43.5 Å². The number of rotatable bonds is 11. The van der Waals surface area contributed by atoms with E-state index in [1.165, 1.54) is 58.4 Å². The molecule has 0 aliphatic carbocycles. The molecule has 4 rings (SSSR count). The van der Waals surface area contributed by atoms with Crippen molar-refractivity contribution in [2.75, 3.05) is 20.8 Å². The summed E-state index contributed by atoms with van der Waals surface area (Å²) < 4.78 is 58.9. The molecule has 0 aliphatic heterocycles. The number of nitrogens with zero attached hydrogens (tertiary/aromatic N) is 3. The van der Waals surface area contributed by atoms with E-state index in [-0.39, 0.29) is 68.8 Å². The number of fused-ring (bicyclic) bond motifs is 1. The Morgan fingerprint density at radius 2 is 1.69 bits per heavy atom. The number of imidazole rings is 1. The number of aryl methyl sites for hydroxylation is 1. The summed E-state index contributed by atoms with van der Waals surface area (Å²) in [5, 5.41) is 11.1. The predicted molar refractivity (Wildman–Crippen MR) is 150 cm³/mol. The fourth-order valence-electron chi connectivity index (χ4n) is 4.06. The molecule has 14 heteroatoms. The standard InChI is InChI=1S/C28H31N3O8S2.Na/c1-17-14-29-23(18(2)25(17)38-6)15-40(34)27-30-22-13-20(37-5)9-12-24(22)31(27)41(35,36)21-10-7-19(8-11-21)39-16-28(3,4)26(32)33;/h7-14H,15-16H2,1-6H3,(H,32,33);/q;+1/p-1. The van der Waals surface area contributed by atoms with Crippen molar-refractivity contribution in [1.82, 2.24) is 13.9 Å². The summed E-state index contributed by atoms with van der Waals surface area (Å²) in [5.41, 5.74) is 1.26. The molecule has 218 valence electrons. The summed E-state index contributed by atoms with van der Waals surface area (Å²) in [4.78, 5) is 20.0. The zero-order chi connectivity index (χ0) is 30.1. The van der Waals surface area contributed by atoms with Crippen LogP contribution in [-0.4, -0.2) is 53.7 Å². The Labute approximate surface area is 269 Å². The van der Waals surface area contributed by atoms with Crippen LogP contribution in [0, 0.1) is 19.3 Å². The van der Waals surface area contributed by atoms with Gasteiger partial charge in [0.1, 0.15) is 17.2 Å². The van der Waals surface area contributed by atoms with E-state index >= 15 is 0 Å². The molecule has 0 aliphatic rings. The number of carboxylic acids is 1. The third-order valence-electron chi connectivity index (χ3n) is 6.53. The molecule has 0 saturated carbocycles. The number of carbonyl (C=O) groups excluding carboxylic acids is 1. The van der Waals surface area contributed by atoms with Crippen LogP contribution in [0.4, 0.5) is 0 Å². The van der Waals surface area contributed by atoms with Crippen LogP contribution in [0.2, 0.25) is 0 Å². The van der Waals surface area contributed by atoms with Crippen LogP contribution >= 0.6 is 0 Å². The van der Waals surface area contributed by atoms with Crippen LogP contribution in [0.3, 0.4) is 0 Å². The molecule has 0 spiro atoms. The zero-order valence-electron chi connectivity index (χ0n) is 24.5. The van der Waals surface area contributed by atoms with Gasteiger partial charge in [-0.05, 0) is 50.2 Å². The van der Waals surface area contributed by atoms with Gasteiger partial charge in [-0.25, -0.2) is 8.42 Å². The first-order chi connectivity index (χ1) is 19.3. The van der Waals surface area contributed by atoms with Gasteiger partial charge in [0.05, 0.1) is 48.4 Å². The number of hydrogen-bond donors (Lipinski definition) is 0. The quantitative estimate of drug-likeness (QED) is 0.162. The maximum absolute atomic E-state index is 14.0. The number of ether oxygens (including phenoxy) is 3. The molecule has 0 amide bonds. The number of pyridine rings is 1. The van der Waals surface area contributed by atoms with Crippen molar-refractivity contribution in [1.29, 1.82) is 0 Å². The third-order valence-corrected chi connectivity index (χ3v) is 9.58. The van der Waals surface area contributed by atoms with E-state index in [4.69, 9.17) is 14.2 Å². The molecule has 2 aromatic carbocycles. The number of hydrogen-bond acceptors (Lipinski definition) is 10. The van der Waals surface area contributed by atoms with E-state index < -0.39 is 32.6 Å². The monoisotopic (exact) mass is 623 g/mol. The van der Waals surface area contributed by atoms with Crippen molar-refractivity contribution in [3.05, 3.63) is 65.5 Å². The third kappa shape index (κ3) is 6.71. The van der Waals surface area contributed by atoms with E-state index in [0.29, 0.717) is 22.8 Å². The van der Waals surface area contributed by atoms with Gasteiger partial charge in [-0.3, -0.25) is 4.98 Å². The summed E-state index contributed by atoms with van der Waals surface area (Å²) in [6.45, 7) is 6.40. The second-order valence-electron chi connectivity index (χ2n) is 9.99. The molecule has 2 aromatic heterocycles. The molecule has 42 heavy (non-hydrogen) atoms. The van der Waals surface area contributed by atoms with E-state index in [9.17, 15) is 22.9 Å². The van der Waals surface area contributed by atoms with Crippen LogP contribution in [0.5, 0.6) is 17.2 Å². The second kappa shape index (κ2) is 13.2. The van der Waals surface area contributed by atoms with Crippen LogP contribution in [0.25, 0.3) is 11.0 Å². The van der Waals surface area contributed by atoms with Crippen LogP contribution in [0.15, 0.2) is 58.7 Å². The van der Waals surface area contributed by atoms with Crippen molar-refractivity contribution in [3.8, 4) is 17.2 Å². The van der Waals surface area contributed by atoms with Crippen molar-refractivity contribution in [2.24, 2.45) is 5.41 Å². The molecule has 0 bridgehead atoms. The Bertz CT molecular complexity index is 1710. The van der Waals surface area contributed by atoms with E-state index in [1.807, 2.05) is 6.92 Å². The van der Waals surface area contributed by atoms with Gasteiger partial charge in [-0.15, -0.1) is 0 Å². The first-order valence-corrected chi connectivity index (χ1v) is 15.2. The summed E-state index contributed by atoms with van der Waals surface area (Å²) in [6, 6.07) is 10.2. The van der Waals surface area contributed by atoms with Gasteiger partial charge in [-0.1, -0.05) is 13.8 Å². The Morgan fingerprint density at radius 3 is 2.29 bits per heavy atom. The van der Waals surface area contributed by atoms with Crippen molar-refractivity contribution < 1.29 is 66.6 Å². The van der Waals surface area contributed by atoms with Crippen molar-refractivity contribution in [3.63, 3.8) is 0 Å². The summed E-state index contributed by atoms with van der Waals surface area (Å²) in [6.07, 6.45) is 1.61. The zero-order valence-corrected chi connectivity index (χ0v) is 28.1. The number of benzene rings is 2. The normalized spacial score (nSPS) is 12.5. The first-order valence-electron chi connectivity index (χ1n) is 12.4. The molecule has 1 unspecified atom stereocenters. The number of aromatic nitrogens is 3. The van der Waals surface area contributed by atoms with Gasteiger partial charge in [0.15, 0.2) is 5.75 Å². The molecule has 0 saturated heterocycles. The second-order valence-corrected chi connectivity index (χ2v) is 13.1. The predicted octanol–water partition coefficient (Wildman–Crippen LogP) is -0.231. The Hall–Kier alpha value is -2.81. The smallest absolute Gasteiger partial charge is 0.609 e. The number of carbonyl (C=O) groups is 1. The maximum Gasteiger partial charge on any atom is 1.00 e. The minimum absolute atomic E-state index is 0. The van der Waals surface area contributed by atoms with Gasteiger partial charge in [0.25, 0.3) is 10.0 Å². The van der Waals surface area contributed by atoms with Gasteiger partial charge in [-0.2, -0.15) is 8.96 Å². The van der Waals surface area contributed by atoms with Crippen molar-refractivity contribution >= 4 is 38.2 Å². The van der Waals surface area contributed by atoms with E-state index in [1.54, 1.807) is 25.3 Å². The van der Waals surface area contributed by atoms with E-state index in [0.717, 1.165) is 9.54 Å². The number of carboxylic acid groups (broad SMARTS) is 1. The molecule has 1 atom stereocenters. The fourth-order valence-corrected chi connectivity index (χ4v) is 7.11. The van der Waals surface area contributed by atoms with Crippen LogP contribution < -0.4 is 48.9 Å². The van der Waals surface area contributed by atoms with Gasteiger partial charge < -0.3 is 28.7 Å². The van der Waals surface area contributed by atoms with Crippen LogP contribution in [0.1, 0.15) is 30.7 Å². The topological polar surface area (TPSA) is 156 Å². The number of aliphatic carboxylic acids is 1. The summed E-state index contributed by atoms with van der Waals surface area (Å²) in [7, 11) is -1.28. The van der Waals surface area contributed by atoms with Gasteiger partial charge in [0.2, 0.25) is 0 Å². The molecule has 11 nitrogen and oxygen atoms in total. The summed E-state index contributed by atoms with van der Waals surface area (Å²) in [5.74, 6) is -0.0197. The molecular formula is C28H30N3NaO8S2. The minimum Gasteiger partial charge on any atom is -0.609 e. The molecule has 0 radical (unpaired) electrons. The van der Waals surface area contributed by atoms with Gasteiger partial charge >= 0.3 is 34.7 Å². The fraction of sp³-hybridized carbons (Fsp3) is 0.321. The largest absolute Gasteiger partial charge is 1.00 e. The molecule has 4 aromatic rings. The molecule has 0 N–H and O–H groups in total. The maximum atomic E-state index is 14.0. The molecule has 0 fully saturated rings. The van der Waals surface area contributed by atoms with Gasteiger partial charge in [0, 0.05) is 40.0 Å².